The molecule has 126 valence electrons. The number of carbonyl (C=O) groups is 2. The van der Waals surface area contributed by atoms with E-state index in [9.17, 15) is 9.59 Å². The minimum Gasteiger partial charge on any atom is -0.465 e. The van der Waals surface area contributed by atoms with Crippen LogP contribution in [0.2, 0.25) is 0 Å². The van der Waals surface area contributed by atoms with Gasteiger partial charge in [-0.05, 0) is 68.6 Å². The molecule has 0 saturated heterocycles. The summed E-state index contributed by atoms with van der Waals surface area (Å²) in [4.78, 5) is 26.1. The number of benzene rings is 1. The molecule has 1 aromatic rings. The fraction of sp³-hybridized carbons (Fsp3) is 0.176. The van der Waals surface area contributed by atoms with Gasteiger partial charge in [-0.2, -0.15) is 0 Å². The Morgan fingerprint density at radius 1 is 1.00 bits per heavy atom. The highest BCUT2D eigenvalue weighted by atomic mass is 79.9. The Bertz CT molecular complexity index is 758. The fourth-order valence-corrected chi connectivity index (χ4v) is 4.06. The summed E-state index contributed by atoms with van der Waals surface area (Å²) in [7, 11) is 2.53. The summed E-state index contributed by atoms with van der Waals surface area (Å²) in [5.41, 5.74) is 1.88. The molecule has 0 N–H and O–H groups in total. The first-order valence-corrected chi connectivity index (χ1v) is 8.50. The van der Waals surface area contributed by atoms with Crippen molar-refractivity contribution in [2.75, 3.05) is 19.1 Å². The zero-order valence-corrected chi connectivity index (χ0v) is 16.5. The zero-order valence-electron chi connectivity index (χ0n) is 13.3. The zero-order chi connectivity index (χ0) is 17.9. The summed E-state index contributed by atoms with van der Waals surface area (Å²) >= 11 is 7.03. The molecule has 0 unspecified atom stereocenters. The molecule has 2 rings (SSSR count). The minimum atomic E-state index is -0.647. The Morgan fingerprint density at radius 3 is 2.12 bits per heavy atom. The Kier molecular flexibility index (Phi) is 6.01. The Hall–Kier alpha value is -1.86. The maximum Gasteiger partial charge on any atom is 0.355 e. The van der Waals surface area contributed by atoms with Gasteiger partial charge in [0.2, 0.25) is 0 Å². The molecule has 24 heavy (non-hydrogen) atoms. The van der Waals surface area contributed by atoms with Crippen LogP contribution in [0.4, 0.5) is 5.69 Å². The lowest BCUT2D eigenvalue weighted by Gasteiger charge is -2.25. The lowest BCUT2D eigenvalue weighted by molar-refractivity contribution is -0.139. The molecule has 0 bridgehead atoms. The molecule has 0 radical (unpaired) electrons. The normalized spacial score (nSPS) is 13.8. The Balaban J connectivity index is 2.75. The third kappa shape index (κ3) is 3.62. The van der Waals surface area contributed by atoms with Crippen LogP contribution in [0.1, 0.15) is 5.56 Å². The molecule has 0 amide bonds. The van der Waals surface area contributed by atoms with E-state index in [0.29, 0.717) is 5.69 Å². The molecule has 1 heterocycles. The predicted molar refractivity (Wildman–Crippen MR) is 98.4 cm³/mol. The van der Waals surface area contributed by atoms with Gasteiger partial charge in [0, 0.05) is 15.1 Å². The van der Waals surface area contributed by atoms with Crippen LogP contribution in [0.3, 0.4) is 0 Å². The second kappa shape index (κ2) is 7.81. The van der Waals surface area contributed by atoms with Crippen molar-refractivity contribution in [1.82, 2.24) is 0 Å². The molecule has 0 atom stereocenters. The molecular weight excluding hydrogens is 442 g/mol. The van der Waals surface area contributed by atoms with E-state index >= 15 is 0 Å². The van der Waals surface area contributed by atoms with Crippen molar-refractivity contribution < 1.29 is 19.1 Å². The van der Waals surface area contributed by atoms with Crippen LogP contribution in [-0.4, -0.2) is 26.2 Å². The number of rotatable bonds is 3. The largest absolute Gasteiger partial charge is 0.465 e. The first kappa shape index (κ1) is 18.5. The van der Waals surface area contributed by atoms with Crippen molar-refractivity contribution in [3.05, 3.63) is 62.3 Å². The number of aryl methyl sites for hydroxylation is 1. The average Bonchev–Trinajstić information content (AvgIpc) is 2.75. The molecule has 7 heteroatoms. The van der Waals surface area contributed by atoms with Crippen LogP contribution in [0.5, 0.6) is 0 Å². The second-order valence-corrected chi connectivity index (χ2v) is 6.60. The number of allylic oxidation sites excluding steroid dienone is 2. The summed E-state index contributed by atoms with van der Waals surface area (Å²) in [6.45, 7) is 1.95. The topological polar surface area (TPSA) is 55.8 Å². The van der Waals surface area contributed by atoms with Gasteiger partial charge < -0.3 is 14.4 Å². The summed E-state index contributed by atoms with van der Waals surface area (Å²) in [5.74, 6) is -1.27. The van der Waals surface area contributed by atoms with Gasteiger partial charge in [0.25, 0.3) is 0 Å². The molecule has 0 spiro atoms. The highest BCUT2D eigenvalue weighted by Crippen LogP contribution is 2.39. The lowest BCUT2D eigenvalue weighted by atomic mass is 10.1. The van der Waals surface area contributed by atoms with Gasteiger partial charge in [-0.3, -0.25) is 0 Å². The van der Waals surface area contributed by atoms with Crippen LogP contribution in [0.25, 0.3) is 0 Å². The van der Waals surface area contributed by atoms with Crippen LogP contribution < -0.4 is 4.90 Å². The Morgan fingerprint density at radius 2 is 1.58 bits per heavy atom. The number of hydrogen-bond acceptors (Lipinski definition) is 5. The van der Waals surface area contributed by atoms with Crippen molar-refractivity contribution in [1.29, 1.82) is 0 Å². The third-order valence-electron chi connectivity index (χ3n) is 3.29. The second-order valence-electron chi connectivity index (χ2n) is 4.89. The summed E-state index contributed by atoms with van der Waals surface area (Å²) in [5, 5.41) is 0. The van der Waals surface area contributed by atoms with Gasteiger partial charge in [0.15, 0.2) is 0 Å². The fourth-order valence-electron chi connectivity index (χ4n) is 2.26. The number of ether oxygens (including phenoxy) is 2. The van der Waals surface area contributed by atoms with Crippen LogP contribution in [0, 0.1) is 6.92 Å². The van der Waals surface area contributed by atoms with E-state index in [2.05, 4.69) is 31.9 Å². The number of esters is 2. The summed E-state index contributed by atoms with van der Waals surface area (Å²) < 4.78 is 11.2. The molecular formula is C17H15Br2NO4. The van der Waals surface area contributed by atoms with Gasteiger partial charge in [0.1, 0.15) is 5.70 Å². The average molecular weight is 457 g/mol. The molecule has 1 aliphatic rings. The van der Waals surface area contributed by atoms with E-state index < -0.39 is 11.9 Å². The highest BCUT2D eigenvalue weighted by Gasteiger charge is 2.29. The molecule has 0 aliphatic carbocycles. The minimum absolute atomic E-state index is 0.0691. The van der Waals surface area contributed by atoms with E-state index in [1.54, 1.807) is 23.3 Å². The summed E-state index contributed by atoms with van der Waals surface area (Å²) in [6.07, 6.45) is 6.58. The molecule has 0 saturated carbocycles. The number of anilines is 1. The quantitative estimate of drug-likeness (QED) is 0.643. The maximum atomic E-state index is 12.4. The molecule has 0 fully saturated rings. The van der Waals surface area contributed by atoms with Crippen molar-refractivity contribution in [2.24, 2.45) is 0 Å². The standard InChI is InChI=1S/C17H15Br2NO4/c1-10-8-12(18)15(13(19)9-10)20-7-5-4-6-11(16(21)23-2)14(20)17(22)24-3/h4-9H,1-3H3. The van der Waals surface area contributed by atoms with Gasteiger partial charge in [0.05, 0.1) is 25.5 Å². The number of nitrogens with zero attached hydrogens (tertiary/aromatic N) is 1. The first-order chi connectivity index (χ1) is 11.4. The molecule has 1 aliphatic heterocycles. The van der Waals surface area contributed by atoms with E-state index in [0.717, 1.165) is 14.5 Å². The van der Waals surface area contributed by atoms with Crippen molar-refractivity contribution in [3.8, 4) is 0 Å². The van der Waals surface area contributed by atoms with Crippen molar-refractivity contribution in [3.63, 3.8) is 0 Å². The van der Waals surface area contributed by atoms with E-state index in [4.69, 9.17) is 9.47 Å². The van der Waals surface area contributed by atoms with Gasteiger partial charge in [-0.15, -0.1) is 0 Å². The third-order valence-corrected chi connectivity index (χ3v) is 4.50. The lowest BCUT2D eigenvalue weighted by Crippen LogP contribution is -2.27. The van der Waals surface area contributed by atoms with Crippen LogP contribution >= 0.6 is 31.9 Å². The molecule has 0 aromatic heterocycles. The Labute approximate surface area is 156 Å². The first-order valence-electron chi connectivity index (χ1n) is 6.91. The van der Waals surface area contributed by atoms with Crippen molar-refractivity contribution in [2.45, 2.75) is 6.92 Å². The van der Waals surface area contributed by atoms with E-state index in [1.807, 2.05) is 19.1 Å². The summed E-state index contributed by atoms with van der Waals surface area (Å²) in [6, 6.07) is 3.83. The van der Waals surface area contributed by atoms with Crippen molar-refractivity contribution >= 4 is 49.5 Å². The number of hydrogen-bond donors (Lipinski definition) is 0. The maximum absolute atomic E-state index is 12.4. The smallest absolute Gasteiger partial charge is 0.355 e. The number of methoxy groups -OCH3 is 2. The monoisotopic (exact) mass is 455 g/mol. The molecule has 5 nitrogen and oxygen atoms in total. The molecule has 1 aromatic carbocycles. The van der Waals surface area contributed by atoms with Crippen LogP contribution in [-0.2, 0) is 19.1 Å². The van der Waals surface area contributed by atoms with E-state index in [1.165, 1.54) is 20.3 Å². The van der Waals surface area contributed by atoms with E-state index in [-0.39, 0.29) is 11.3 Å². The predicted octanol–water partition coefficient (Wildman–Crippen LogP) is 4.01. The van der Waals surface area contributed by atoms with Crippen LogP contribution in [0.15, 0.2) is 56.8 Å². The SMILES string of the molecule is COC(=O)C1=C(C(=O)OC)N(c2c(Br)cc(C)cc2Br)C=CC=C1. The number of halogens is 2. The highest BCUT2D eigenvalue weighted by molar-refractivity contribution is 9.11. The van der Waals surface area contributed by atoms with Gasteiger partial charge in [-0.1, -0.05) is 6.08 Å². The van der Waals surface area contributed by atoms with Gasteiger partial charge >= 0.3 is 11.9 Å². The van der Waals surface area contributed by atoms with Gasteiger partial charge in [-0.25, -0.2) is 9.59 Å². The number of carbonyl (C=O) groups excluding carboxylic acids is 2.